The number of halogens is 3. The highest BCUT2D eigenvalue weighted by atomic mass is 19.4. The molecule has 2 aliphatic rings. The van der Waals surface area contributed by atoms with E-state index < -0.39 is 11.7 Å². The number of hydrogen-bond acceptors (Lipinski definition) is 5. The lowest BCUT2D eigenvalue weighted by Crippen LogP contribution is -2.28. The van der Waals surface area contributed by atoms with Crippen molar-refractivity contribution >= 4 is 11.8 Å². The SMILES string of the molecule is Cc1cnc(NC2=CC3C=CN(C)C3C=C2)nc1NCc1ccccc1C(F)(F)F. The maximum atomic E-state index is 13.2. The van der Waals surface area contributed by atoms with E-state index >= 15 is 0 Å². The largest absolute Gasteiger partial charge is 0.416 e. The summed E-state index contributed by atoms with van der Waals surface area (Å²) in [6, 6.07) is 5.85. The number of rotatable bonds is 5. The molecule has 0 fully saturated rings. The van der Waals surface area contributed by atoms with Crippen LogP contribution in [0.5, 0.6) is 0 Å². The van der Waals surface area contributed by atoms with E-state index in [1.807, 2.05) is 20.0 Å². The lowest BCUT2D eigenvalue weighted by molar-refractivity contribution is -0.138. The van der Waals surface area contributed by atoms with Crippen molar-refractivity contribution in [1.29, 1.82) is 0 Å². The van der Waals surface area contributed by atoms with Crippen molar-refractivity contribution in [2.24, 2.45) is 5.92 Å². The van der Waals surface area contributed by atoms with Gasteiger partial charge in [0.15, 0.2) is 0 Å². The predicted molar refractivity (Wildman–Crippen MR) is 111 cm³/mol. The summed E-state index contributed by atoms with van der Waals surface area (Å²) in [5.74, 6) is 1.16. The number of hydrogen-bond donors (Lipinski definition) is 2. The fraction of sp³-hybridized carbons (Fsp3) is 0.273. The van der Waals surface area contributed by atoms with Crippen molar-refractivity contribution in [1.82, 2.24) is 14.9 Å². The molecular weight excluding hydrogens is 391 g/mol. The number of benzene rings is 1. The smallest absolute Gasteiger partial charge is 0.373 e. The van der Waals surface area contributed by atoms with E-state index in [0.717, 1.165) is 17.3 Å². The molecule has 1 aliphatic heterocycles. The molecule has 1 aliphatic carbocycles. The number of likely N-dealkylation sites (N-methyl/N-ethyl adjacent to an activating group) is 1. The first-order valence-electron chi connectivity index (χ1n) is 9.61. The molecule has 0 saturated carbocycles. The van der Waals surface area contributed by atoms with Crippen LogP contribution in [-0.2, 0) is 12.7 Å². The summed E-state index contributed by atoms with van der Waals surface area (Å²) in [5.41, 5.74) is 1.15. The average molecular weight is 413 g/mol. The van der Waals surface area contributed by atoms with Crippen LogP contribution in [0, 0.1) is 12.8 Å². The van der Waals surface area contributed by atoms with Gasteiger partial charge in [0.1, 0.15) is 5.82 Å². The minimum atomic E-state index is -4.40. The number of alkyl halides is 3. The van der Waals surface area contributed by atoms with Crippen molar-refractivity contribution < 1.29 is 13.2 Å². The van der Waals surface area contributed by atoms with Crippen LogP contribution in [0.2, 0.25) is 0 Å². The third kappa shape index (κ3) is 4.17. The quantitative estimate of drug-likeness (QED) is 0.743. The van der Waals surface area contributed by atoms with E-state index in [0.29, 0.717) is 17.8 Å². The molecule has 2 aromatic rings. The minimum Gasteiger partial charge on any atom is -0.373 e. The van der Waals surface area contributed by atoms with Gasteiger partial charge in [0.25, 0.3) is 0 Å². The first kappa shape index (κ1) is 20.0. The molecule has 0 radical (unpaired) electrons. The van der Waals surface area contributed by atoms with E-state index in [-0.39, 0.29) is 18.0 Å². The Kier molecular flexibility index (Phi) is 5.24. The van der Waals surface area contributed by atoms with Gasteiger partial charge in [-0.15, -0.1) is 0 Å². The number of nitrogens with one attached hydrogen (secondary N) is 2. The molecule has 30 heavy (non-hydrogen) atoms. The number of fused-ring (bicyclic) bond motifs is 1. The molecule has 0 spiro atoms. The van der Waals surface area contributed by atoms with E-state index in [1.54, 1.807) is 12.3 Å². The average Bonchev–Trinajstić information content (AvgIpc) is 3.08. The summed E-state index contributed by atoms with van der Waals surface area (Å²) < 4.78 is 39.6. The van der Waals surface area contributed by atoms with Gasteiger partial charge in [-0.25, -0.2) is 4.98 Å². The summed E-state index contributed by atoms with van der Waals surface area (Å²) in [6.07, 6.45) is 7.66. The highest BCUT2D eigenvalue weighted by Gasteiger charge is 2.32. The Balaban J connectivity index is 1.48. The Hall–Kier alpha value is -3.29. The van der Waals surface area contributed by atoms with Gasteiger partial charge >= 0.3 is 6.18 Å². The van der Waals surface area contributed by atoms with Crippen molar-refractivity contribution in [3.63, 3.8) is 0 Å². The fourth-order valence-corrected chi connectivity index (χ4v) is 3.63. The van der Waals surface area contributed by atoms with Gasteiger partial charge in [-0.1, -0.05) is 36.4 Å². The van der Waals surface area contributed by atoms with Crippen LogP contribution < -0.4 is 10.6 Å². The Morgan fingerprint density at radius 1 is 1.17 bits per heavy atom. The summed E-state index contributed by atoms with van der Waals surface area (Å²) in [4.78, 5) is 10.9. The van der Waals surface area contributed by atoms with Gasteiger partial charge in [0, 0.05) is 37.0 Å². The second-order valence-corrected chi connectivity index (χ2v) is 7.41. The van der Waals surface area contributed by atoms with Crippen LogP contribution >= 0.6 is 0 Å². The molecule has 2 unspecified atom stereocenters. The molecule has 0 amide bonds. The summed E-state index contributed by atoms with van der Waals surface area (Å²) in [7, 11) is 2.04. The number of aryl methyl sites for hydroxylation is 1. The summed E-state index contributed by atoms with van der Waals surface area (Å²) in [6.45, 7) is 1.82. The topological polar surface area (TPSA) is 53.1 Å². The molecule has 1 aromatic heterocycles. The van der Waals surface area contributed by atoms with E-state index in [2.05, 4.69) is 49.9 Å². The van der Waals surface area contributed by atoms with Gasteiger partial charge in [-0.3, -0.25) is 0 Å². The summed E-state index contributed by atoms with van der Waals surface area (Å²) >= 11 is 0. The second kappa shape index (κ2) is 7.85. The molecule has 156 valence electrons. The van der Waals surface area contributed by atoms with Crippen LogP contribution in [0.4, 0.5) is 24.9 Å². The van der Waals surface area contributed by atoms with Crippen molar-refractivity contribution in [2.45, 2.75) is 25.7 Å². The second-order valence-electron chi connectivity index (χ2n) is 7.41. The molecule has 8 heteroatoms. The van der Waals surface area contributed by atoms with Gasteiger partial charge in [-0.05, 0) is 30.8 Å². The van der Waals surface area contributed by atoms with Crippen LogP contribution in [0.1, 0.15) is 16.7 Å². The zero-order chi connectivity index (χ0) is 21.3. The van der Waals surface area contributed by atoms with E-state index in [9.17, 15) is 13.2 Å². The third-order valence-corrected chi connectivity index (χ3v) is 5.25. The van der Waals surface area contributed by atoms with Crippen LogP contribution in [0.25, 0.3) is 0 Å². The van der Waals surface area contributed by atoms with Crippen LogP contribution in [0.3, 0.4) is 0 Å². The molecule has 2 N–H and O–H groups in total. The number of nitrogens with zero attached hydrogens (tertiary/aromatic N) is 3. The minimum absolute atomic E-state index is 0.0104. The van der Waals surface area contributed by atoms with E-state index in [4.69, 9.17) is 0 Å². The molecule has 4 rings (SSSR count). The first-order valence-corrected chi connectivity index (χ1v) is 9.61. The van der Waals surface area contributed by atoms with Crippen molar-refractivity contribution in [2.75, 3.05) is 17.7 Å². The van der Waals surface area contributed by atoms with Crippen molar-refractivity contribution in [3.05, 3.63) is 83.4 Å². The number of anilines is 2. The molecule has 5 nitrogen and oxygen atoms in total. The first-order chi connectivity index (χ1) is 14.3. The van der Waals surface area contributed by atoms with Gasteiger partial charge in [0.2, 0.25) is 5.95 Å². The van der Waals surface area contributed by atoms with Crippen LogP contribution in [-0.4, -0.2) is 28.0 Å². The van der Waals surface area contributed by atoms with Gasteiger partial charge in [0.05, 0.1) is 11.6 Å². The molecule has 2 atom stereocenters. The van der Waals surface area contributed by atoms with E-state index in [1.165, 1.54) is 12.1 Å². The van der Waals surface area contributed by atoms with Crippen LogP contribution in [0.15, 0.2) is 66.7 Å². The predicted octanol–water partition coefficient (Wildman–Crippen LogP) is 4.73. The Morgan fingerprint density at radius 2 is 1.97 bits per heavy atom. The number of allylic oxidation sites excluding steroid dienone is 1. The molecule has 1 aromatic carbocycles. The number of aromatic nitrogens is 2. The molecule has 0 bridgehead atoms. The Morgan fingerprint density at radius 3 is 2.77 bits per heavy atom. The fourth-order valence-electron chi connectivity index (χ4n) is 3.63. The van der Waals surface area contributed by atoms with Crippen molar-refractivity contribution in [3.8, 4) is 0 Å². The zero-order valence-electron chi connectivity index (χ0n) is 16.6. The highest BCUT2D eigenvalue weighted by molar-refractivity contribution is 5.51. The monoisotopic (exact) mass is 413 g/mol. The van der Waals surface area contributed by atoms with Gasteiger partial charge in [-0.2, -0.15) is 18.2 Å². The standard InChI is InChI=1S/C22H22F3N5/c1-14-12-27-21(28-17-7-8-19-15(11-17)9-10-30(19)2)29-20(14)26-13-16-5-3-4-6-18(16)22(23,24)25/h3-12,15,19H,13H2,1-2H3,(H2,26,27,28,29). The maximum Gasteiger partial charge on any atom is 0.416 e. The van der Waals surface area contributed by atoms with Gasteiger partial charge < -0.3 is 15.5 Å². The lowest BCUT2D eigenvalue weighted by atomic mass is 9.96. The third-order valence-electron chi connectivity index (χ3n) is 5.25. The molecule has 2 heterocycles. The molecule has 0 saturated heterocycles. The maximum absolute atomic E-state index is 13.2. The molecular formula is C22H22F3N5. The highest BCUT2D eigenvalue weighted by Crippen LogP contribution is 2.32. The zero-order valence-corrected chi connectivity index (χ0v) is 16.6. The Labute approximate surface area is 173 Å². The lowest BCUT2D eigenvalue weighted by Gasteiger charge is -2.25. The normalized spacial score (nSPS) is 20.2. The Bertz CT molecular complexity index is 1030. The summed E-state index contributed by atoms with van der Waals surface area (Å²) in [5, 5.41) is 6.21.